The number of alkyl halides is 3. The van der Waals surface area contributed by atoms with E-state index in [-0.39, 0.29) is 11.7 Å². The molecule has 0 N–H and O–H groups in total. The van der Waals surface area contributed by atoms with E-state index in [2.05, 4.69) is 19.6 Å². The number of anilines is 1. The largest absolute Gasteiger partial charge is 0.497 e. The summed E-state index contributed by atoms with van der Waals surface area (Å²) < 4.78 is 47.2. The van der Waals surface area contributed by atoms with Crippen molar-refractivity contribution in [2.75, 3.05) is 38.2 Å². The minimum Gasteiger partial charge on any atom is -0.497 e. The van der Waals surface area contributed by atoms with Gasteiger partial charge in [-0.1, -0.05) is 17.3 Å². The van der Waals surface area contributed by atoms with E-state index in [9.17, 15) is 18.0 Å². The summed E-state index contributed by atoms with van der Waals surface area (Å²) in [7, 11) is 1.59. The van der Waals surface area contributed by atoms with Crippen LogP contribution in [0.25, 0.3) is 11.4 Å². The molecular formula is C21H20F3N5O3. The Balaban J connectivity index is 1.32. The van der Waals surface area contributed by atoms with Gasteiger partial charge in [-0.15, -0.1) is 0 Å². The van der Waals surface area contributed by atoms with Crippen LogP contribution in [-0.4, -0.2) is 59.2 Å². The molecule has 1 aliphatic rings. The zero-order valence-corrected chi connectivity index (χ0v) is 17.2. The van der Waals surface area contributed by atoms with Crippen LogP contribution in [0.5, 0.6) is 5.75 Å². The minimum absolute atomic E-state index is 0.0516. The second kappa shape index (κ2) is 8.85. The van der Waals surface area contributed by atoms with Crippen LogP contribution < -0.4 is 9.64 Å². The number of nitrogens with zero attached hydrogens (tertiary/aromatic N) is 5. The van der Waals surface area contributed by atoms with E-state index in [1.807, 2.05) is 34.1 Å². The normalized spacial score (nSPS) is 14.5. The fourth-order valence-electron chi connectivity index (χ4n) is 3.38. The molecular weight excluding hydrogens is 427 g/mol. The Morgan fingerprint density at radius 3 is 2.38 bits per heavy atom. The molecule has 1 amide bonds. The lowest BCUT2D eigenvalue weighted by Crippen LogP contribution is -2.49. The lowest BCUT2D eigenvalue weighted by atomic mass is 10.1. The molecule has 3 heterocycles. The summed E-state index contributed by atoms with van der Waals surface area (Å²) in [6, 6.07) is 10.7. The molecule has 0 spiro atoms. The summed E-state index contributed by atoms with van der Waals surface area (Å²) in [6.07, 6.45) is -2.97. The summed E-state index contributed by atoms with van der Waals surface area (Å²) in [5.41, 5.74) is 1.24. The average molecular weight is 447 g/mol. The fraction of sp³-hybridized carbons (Fsp3) is 0.333. The van der Waals surface area contributed by atoms with Crippen molar-refractivity contribution in [3.8, 4) is 17.1 Å². The van der Waals surface area contributed by atoms with E-state index in [1.54, 1.807) is 19.2 Å². The predicted octanol–water partition coefficient (Wildman–Crippen LogP) is 3.05. The summed E-state index contributed by atoms with van der Waals surface area (Å²) >= 11 is 0. The molecule has 3 aromatic rings. The second-order valence-electron chi connectivity index (χ2n) is 7.22. The number of carbonyl (C=O) groups excluding carboxylic acids is 1. The first kappa shape index (κ1) is 21.6. The van der Waals surface area contributed by atoms with Crippen molar-refractivity contribution < 1.29 is 27.2 Å². The Labute approximate surface area is 181 Å². The van der Waals surface area contributed by atoms with Crippen LogP contribution in [-0.2, 0) is 17.4 Å². The van der Waals surface area contributed by atoms with E-state index in [0.717, 1.165) is 11.3 Å². The monoisotopic (exact) mass is 447 g/mol. The van der Waals surface area contributed by atoms with Gasteiger partial charge in [-0.05, 0) is 29.8 Å². The number of carbonyl (C=O) groups is 1. The van der Waals surface area contributed by atoms with Crippen LogP contribution in [0.2, 0.25) is 0 Å². The number of amides is 1. The Kier molecular flexibility index (Phi) is 5.97. The van der Waals surface area contributed by atoms with E-state index in [1.165, 1.54) is 6.20 Å². The molecule has 8 nitrogen and oxygen atoms in total. The first-order valence-electron chi connectivity index (χ1n) is 9.86. The van der Waals surface area contributed by atoms with Crippen LogP contribution in [0.1, 0.15) is 11.5 Å². The molecule has 1 fully saturated rings. The van der Waals surface area contributed by atoms with Gasteiger partial charge in [0.2, 0.25) is 11.7 Å². The number of piperazine rings is 1. The van der Waals surface area contributed by atoms with E-state index < -0.39 is 12.1 Å². The van der Waals surface area contributed by atoms with E-state index in [4.69, 9.17) is 4.74 Å². The third-order valence-corrected chi connectivity index (χ3v) is 5.15. The molecule has 1 aliphatic heterocycles. The van der Waals surface area contributed by atoms with Gasteiger partial charge in [0.05, 0.1) is 13.5 Å². The topological polar surface area (TPSA) is 84.6 Å². The standard InChI is InChI=1S/C21H20F3N5O3/c1-31-16-5-2-14(3-6-16)12-18(30)29-10-8-28(9-11-29)17-7-4-15(13-25-17)19-26-20(32-27-19)21(22,23)24/h2-7,13H,8-12H2,1H3. The molecule has 4 rings (SSSR count). The second-order valence-corrected chi connectivity index (χ2v) is 7.22. The van der Waals surface area contributed by atoms with Crippen molar-refractivity contribution in [3.63, 3.8) is 0 Å². The van der Waals surface area contributed by atoms with Gasteiger partial charge in [0, 0.05) is 37.9 Å². The minimum atomic E-state index is -4.69. The lowest BCUT2D eigenvalue weighted by Gasteiger charge is -2.35. The molecule has 168 valence electrons. The summed E-state index contributed by atoms with van der Waals surface area (Å²) in [5.74, 6) is -0.114. The first-order chi connectivity index (χ1) is 15.3. The predicted molar refractivity (Wildman–Crippen MR) is 108 cm³/mol. The summed E-state index contributed by atoms with van der Waals surface area (Å²) in [6.45, 7) is 2.30. The van der Waals surface area contributed by atoms with Gasteiger partial charge >= 0.3 is 12.1 Å². The lowest BCUT2D eigenvalue weighted by molar-refractivity contribution is -0.159. The number of ether oxygens (including phenoxy) is 1. The highest BCUT2D eigenvalue weighted by Crippen LogP contribution is 2.29. The Morgan fingerprint density at radius 1 is 1.09 bits per heavy atom. The van der Waals surface area contributed by atoms with Crippen LogP contribution in [0.15, 0.2) is 47.1 Å². The molecule has 0 saturated carbocycles. The first-order valence-corrected chi connectivity index (χ1v) is 9.86. The number of benzene rings is 1. The number of pyridine rings is 1. The van der Waals surface area contributed by atoms with Gasteiger partial charge in [0.15, 0.2) is 0 Å². The number of rotatable bonds is 5. The van der Waals surface area contributed by atoms with Gasteiger partial charge in [0.1, 0.15) is 11.6 Å². The van der Waals surface area contributed by atoms with Gasteiger partial charge in [-0.2, -0.15) is 18.2 Å². The zero-order chi connectivity index (χ0) is 22.7. The van der Waals surface area contributed by atoms with Crippen molar-refractivity contribution >= 4 is 11.7 Å². The van der Waals surface area contributed by atoms with Crippen molar-refractivity contribution in [3.05, 3.63) is 54.0 Å². The Morgan fingerprint density at radius 2 is 1.81 bits per heavy atom. The van der Waals surface area contributed by atoms with Gasteiger partial charge in [0.25, 0.3) is 0 Å². The molecule has 2 aromatic heterocycles. The maximum absolute atomic E-state index is 12.6. The highest BCUT2D eigenvalue weighted by Gasteiger charge is 2.38. The average Bonchev–Trinajstić information content (AvgIpc) is 3.31. The smallest absolute Gasteiger partial charge is 0.471 e. The molecule has 0 aliphatic carbocycles. The molecule has 0 unspecified atom stereocenters. The SMILES string of the molecule is COc1ccc(CC(=O)N2CCN(c3ccc(-c4noc(C(F)(F)F)n4)cn3)CC2)cc1. The van der Waals surface area contributed by atoms with Crippen LogP contribution in [0.3, 0.4) is 0 Å². The highest BCUT2D eigenvalue weighted by atomic mass is 19.4. The van der Waals surface area contributed by atoms with Crippen LogP contribution >= 0.6 is 0 Å². The number of methoxy groups -OCH3 is 1. The van der Waals surface area contributed by atoms with Crippen LogP contribution in [0.4, 0.5) is 19.0 Å². The third-order valence-electron chi connectivity index (χ3n) is 5.15. The number of hydrogen-bond donors (Lipinski definition) is 0. The zero-order valence-electron chi connectivity index (χ0n) is 17.2. The fourth-order valence-corrected chi connectivity index (χ4v) is 3.38. The summed E-state index contributed by atoms with van der Waals surface area (Å²) in [4.78, 5) is 24.1. The van der Waals surface area contributed by atoms with Gasteiger partial charge < -0.3 is 19.1 Å². The number of aromatic nitrogens is 3. The molecule has 0 radical (unpaired) electrons. The summed E-state index contributed by atoms with van der Waals surface area (Å²) in [5, 5.41) is 3.36. The van der Waals surface area contributed by atoms with Crippen molar-refractivity contribution in [1.29, 1.82) is 0 Å². The number of hydrogen-bond acceptors (Lipinski definition) is 7. The molecule has 1 aromatic carbocycles. The maximum Gasteiger partial charge on any atom is 0.471 e. The maximum atomic E-state index is 12.6. The van der Waals surface area contributed by atoms with Crippen molar-refractivity contribution in [2.45, 2.75) is 12.6 Å². The molecule has 1 saturated heterocycles. The molecule has 0 atom stereocenters. The number of halogens is 3. The molecule has 11 heteroatoms. The molecule has 0 bridgehead atoms. The van der Waals surface area contributed by atoms with Crippen LogP contribution in [0, 0.1) is 0 Å². The third kappa shape index (κ3) is 4.82. The van der Waals surface area contributed by atoms with E-state index >= 15 is 0 Å². The van der Waals surface area contributed by atoms with Crippen molar-refractivity contribution in [1.82, 2.24) is 20.0 Å². The van der Waals surface area contributed by atoms with Gasteiger partial charge in [-0.3, -0.25) is 4.79 Å². The quantitative estimate of drug-likeness (QED) is 0.594. The molecule has 32 heavy (non-hydrogen) atoms. The Bertz CT molecular complexity index is 1060. The Hall–Kier alpha value is -3.63. The van der Waals surface area contributed by atoms with E-state index in [0.29, 0.717) is 44.0 Å². The van der Waals surface area contributed by atoms with Gasteiger partial charge in [-0.25, -0.2) is 4.98 Å². The highest BCUT2D eigenvalue weighted by molar-refractivity contribution is 5.79. The van der Waals surface area contributed by atoms with Crippen molar-refractivity contribution in [2.24, 2.45) is 0 Å².